The zero-order valence-corrected chi connectivity index (χ0v) is 38.5. The number of primary amides is 1. The number of rotatable bonds is 31. The molecule has 0 saturated heterocycles. The van der Waals surface area contributed by atoms with Gasteiger partial charge in [0.1, 0.15) is 42.3 Å². The Labute approximate surface area is 378 Å². The lowest BCUT2D eigenvalue weighted by molar-refractivity contribution is -0.143. The molecule has 8 amide bonds. The summed E-state index contributed by atoms with van der Waals surface area (Å²) in [4.78, 5) is 133. The minimum Gasteiger partial charge on any atom is -0.481 e. The Kier molecular flexibility index (Phi) is 27.0. The number of aliphatic carboxylic acids is 2. The van der Waals surface area contributed by atoms with E-state index < -0.39 is 139 Å². The first kappa shape index (κ1) is 58.3. The zero-order chi connectivity index (χ0) is 49.4. The summed E-state index contributed by atoms with van der Waals surface area (Å²) >= 11 is 4.16. The third kappa shape index (κ3) is 21.1. The Hall–Kier alpha value is -5.72. The van der Waals surface area contributed by atoms with E-state index >= 15 is 0 Å². The number of guanidine groups is 1. The van der Waals surface area contributed by atoms with Crippen LogP contribution in [0.2, 0.25) is 0 Å². The predicted molar refractivity (Wildman–Crippen MR) is 238 cm³/mol. The average molecular weight is 931 g/mol. The lowest BCUT2D eigenvalue weighted by Crippen LogP contribution is -2.62. The minimum absolute atomic E-state index is 0.0487. The highest BCUT2D eigenvalue weighted by Gasteiger charge is 2.37. The van der Waals surface area contributed by atoms with Gasteiger partial charge in [0.05, 0.1) is 12.5 Å². The van der Waals surface area contributed by atoms with E-state index in [0.29, 0.717) is 19.3 Å². The van der Waals surface area contributed by atoms with E-state index in [-0.39, 0.29) is 37.0 Å². The number of nitrogens with one attached hydrogen (secondary N) is 7. The van der Waals surface area contributed by atoms with Crippen LogP contribution in [0.1, 0.15) is 99.8 Å². The molecule has 0 aliphatic rings. The molecule has 17 N–H and O–H groups in total. The molecule has 0 bridgehead atoms. The fourth-order valence-corrected chi connectivity index (χ4v) is 6.05. The van der Waals surface area contributed by atoms with Gasteiger partial charge in [-0.3, -0.25) is 48.1 Å². The van der Waals surface area contributed by atoms with Crippen molar-refractivity contribution in [3.8, 4) is 0 Å². The fourth-order valence-electron chi connectivity index (χ4n) is 5.79. The lowest BCUT2D eigenvalue weighted by atomic mass is 9.94. The van der Waals surface area contributed by atoms with Crippen LogP contribution >= 0.6 is 12.6 Å². The highest BCUT2D eigenvalue weighted by molar-refractivity contribution is 7.80. The van der Waals surface area contributed by atoms with Crippen molar-refractivity contribution in [1.29, 1.82) is 0 Å². The molecule has 0 heterocycles. The van der Waals surface area contributed by atoms with Crippen molar-refractivity contribution >= 4 is 77.8 Å². The summed E-state index contributed by atoms with van der Waals surface area (Å²) in [5, 5.41) is 35.8. The van der Waals surface area contributed by atoms with Crippen LogP contribution in [-0.2, 0) is 47.9 Å². The van der Waals surface area contributed by atoms with Crippen LogP contribution < -0.4 is 60.2 Å². The molecule has 0 aliphatic carbocycles. The largest absolute Gasteiger partial charge is 0.481 e. The highest BCUT2D eigenvalue weighted by Crippen LogP contribution is 2.14. The molecule has 0 aromatic carbocycles. The second kappa shape index (κ2) is 29.6. The van der Waals surface area contributed by atoms with Crippen molar-refractivity contribution in [3.63, 3.8) is 0 Å². The Morgan fingerprint density at radius 2 is 1.02 bits per heavy atom. The number of hydrogen-bond acceptors (Lipinski definition) is 13. The Morgan fingerprint density at radius 3 is 1.48 bits per heavy atom. The first-order chi connectivity index (χ1) is 29.8. The van der Waals surface area contributed by atoms with E-state index in [1.54, 1.807) is 34.6 Å². The molecule has 0 saturated carbocycles. The van der Waals surface area contributed by atoms with Gasteiger partial charge in [-0.1, -0.05) is 60.8 Å². The Morgan fingerprint density at radius 1 is 0.562 bits per heavy atom. The summed E-state index contributed by atoms with van der Waals surface area (Å²) in [5.41, 5.74) is 22.2. The number of nitrogens with two attached hydrogens (primary N) is 4. The van der Waals surface area contributed by atoms with Gasteiger partial charge in [-0.2, -0.15) is 12.6 Å². The molecule has 0 radical (unpaired) electrons. The summed E-state index contributed by atoms with van der Waals surface area (Å²) in [6.45, 7) is 11.7. The van der Waals surface area contributed by atoms with Crippen LogP contribution in [0.15, 0.2) is 4.99 Å². The van der Waals surface area contributed by atoms with Crippen molar-refractivity contribution in [1.82, 2.24) is 37.2 Å². The number of carbonyl (C=O) groups excluding carboxylic acids is 8. The van der Waals surface area contributed by atoms with Crippen molar-refractivity contribution in [3.05, 3.63) is 0 Å². The molecule has 0 fully saturated rings. The van der Waals surface area contributed by atoms with Crippen molar-refractivity contribution < 1.29 is 58.2 Å². The van der Waals surface area contributed by atoms with Gasteiger partial charge in [-0.15, -0.1) is 0 Å². The van der Waals surface area contributed by atoms with Crippen LogP contribution in [0.25, 0.3) is 0 Å². The zero-order valence-electron chi connectivity index (χ0n) is 37.6. The second-order valence-electron chi connectivity index (χ2n) is 15.7. The topological polar surface area (TPSA) is 412 Å². The summed E-state index contributed by atoms with van der Waals surface area (Å²) in [6, 6.07) is -10.7. The summed E-state index contributed by atoms with van der Waals surface area (Å²) in [5.74, 6) is -11.6. The third-order valence-corrected chi connectivity index (χ3v) is 11.0. The van der Waals surface area contributed by atoms with Gasteiger partial charge >= 0.3 is 11.9 Å². The molecular weight excluding hydrogens is 861 g/mol. The number of aliphatic imine (C=N–C) groups is 1. The quantitative estimate of drug-likeness (QED) is 0.0140. The van der Waals surface area contributed by atoms with Gasteiger partial charge < -0.3 is 70.4 Å². The van der Waals surface area contributed by atoms with Gasteiger partial charge in [-0.25, -0.2) is 4.79 Å². The molecule has 0 spiro atoms. The molecule has 11 atom stereocenters. The maximum Gasteiger partial charge on any atom is 0.326 e. The van der Waals surface area contributed by atoms with Gasteiger partial charge in [0.15, 0.2) is 5.96 Å². The van der Waals surface area contributed by atoms with Crippen LogP contribution in [0, 0.1) is 17.8 Å². The van der Waals surface area contributed by atoms with Crippen molar-refractivity contribution in [2.24, 2.45) is 45.7 Å². The van der Waals surface area contributed by atoms with E-state index in [1.807, 2.05) is 6.92 Å². The summed E-state index contributed by atoms with van der Waals surface area (Å²) in [6.07, 6.45) is -0.536. The molecule has 0 aromatic heterocycles. The van der Waals surface area contributed by atoms with Crippen LogP contribution in [0.3, 0.4) is 0 Å². The minimum atomic E-state index is -1.73. The van der Waals surface area contributed by atoms with Gasteiger partial charge in [0.25, 0.3) is 0 Å². The molecule has 0 rings (SSSR count). The monoisotopic (exact) mass is 930 g/mol. The molecule has 25 heteroatoms. The number of carbonyl (C=O) groups is 10. The van der Waals surface area contributed by atoms with Crippen LogP contribution in [-0.4, -0.2) is 136 Å². The fraction of sp³-hybridized carbons (Fsp3) is 0.718. The molecule has 0 aromatic rings. The molecule has 24 nitrogen and oxygen atoms in total. The third-order valence-electron chi connectivity index (χ3n) is 10.6. The SMILES string of the molecule is CC[C@H](C)[C@H](N)C(=O)N[C@@H](CS)C(=O)N[C@@H](C)C(=O)N[C@@H](CCCN=C(N)N)C(=O)N[C@H](C(=O)N[C@H](C(=O)N[C@@H](CC(N)=O)C(=O)N[C@@H](CCC(=O)O)C(=O)O)[C@@H](C)CC)[C@@H](C)CC. The van der Waals surface area contributed by atoms with Crippen LogP contribution in [0.4, 0.5) is 0 Å². The van der Waals surface area contributed by atoms with E-state index in [4.69, 9.17) is 28.0 Å². The molecule has 0 aliphatic heterocycles. The lowest BCUT2D eigenvalue weighted by Gasteiger charge is -2.31. The maximum absolute atomic E-state index is 14.0. The number of hydrogen-bond donors (Lipinski definition) is 14. The number of carboxylic acid groups (broad SMARTS) is 2. The number of carboxylic acids is 2. The normalized spacial score (nSPS) is 16.1. The van der Waals surface area contributed by atoms with Gasteiger partial charge in [-0.05, 0) is 43.9 Å². The van der Waals surface area contributed by atoms with Gasteiger partial charge in [0.2, 0.25) is 47.3 Å². The second-order valence-corrected chi connectivity index (χ2v) is 16.1. The summed E-state index contributed by atoms with van der Waals surface area (Å²) < 4.78 is 0. The van der Waals surface area contributed by atoms with E-state index in [2.05, 4.69) is 54.8 Å². The molecule has 364 valence electrons. The van der Waals surface area contributed by atoms with E-state index in [1.165, 1.54) is 6.92 Å². The number of nitrogens with zero attached hydrogens (tertiary/aromatic N) is 1. The highest BCUT2D eigenvalue weighted by atomic mass is 32.1. The Balaban J connectivity index is 6.43. The predicted octanol–water partition coefficient (Wildman–Crippen LogP) is -3.33. The van der Waals surface area contributed by atoms with Crippen molar-refractivity contribution in [2.75, 3.05) is 12.3 Å². The Bertz CT molecular complexity index is 1670. The first-order valence-corrected chi connectivity index (χ1v) is 21.8. The van der Waals surface area contributed by atoms with E-state index in [9.17, 15) is 53.1 Å². The first-order valence-electron chi connectivity index (χ1n) is 21.1. The standard InChI is InChI=1S/C39H70N12O12S/c1-8-18(4)28(41)35(59)49-25(17-64)34(58)45-21(7)31(55)46-22(12-11-15-44-39(42)43)32(56)50-30(20(6)10-3)37(61)51-29(19(5)9-2)36(60)48-24(16-26(40)52)33(57)47-23(38(62)63)13-14-27(53)54/h18-25,28-30,64H,8-17,41H2,1-7H3,(H2,40,52)(H,45,58)(H,46,55)(H,47,57)(H,48,60)(H,49,59)(H,50,56)(H,51,61)(H,53,54)(H,62,63)(H4,42,43,44)/t18-,19-,20-,21-,22-,23-,24-,25-,28-,29-,30-/m0/s1. The van der Waals surface area contributed by atoms with Crippen LogP contribution in [0.5, 0.6) is 0 Å². The molecule has 0 unspecified atom stereocenters. The summed E-state index contributed by atoms with van der Waals surface area (Å²) in [7, 11) is 0. The van der Waals surface area contributed by atoms with Crippen molar-refractivity contribution in [2.45, 2.75) is 148 Å². The maximum atomic E-state index is 14.0. The molecule has 64 heavy (non-hydrogen) atoms. The smallest absolute Gasteiger partial charge is 0.326 e. The number of amides is 8. The van der Waals surface area contributed by atoms with E-state index in [0.717, 1.165) is 0 Å². The average Bonchev–Trinajstić information content (AvgIpc) is 3.23. The number of thiol groups is 1. The van der Waals surface area contributed by atoms with Gasteiger partial charge in [0, 0.05) is 18.7 Å². The molecular formula is C39H70N12O12S.